The summed E-state index contributed by atoms with van der Waals surface area (Å²) < 4.78 is 5.75. The number of rotatable bonds is 14. The fourth-order valence-electron chi connectivity index (χ4n) is 5.78. The van der Waals surface area contributed by atoms with Crippen molar-refractivity contribution in [3.63, 3.8) is 0 Å². The Morgan fingerprint density at radius 1 is 1.13 bits per heavy atom. The van der Waals surface area contributed by atoms with Crippen LogP contribution < -0.4 is 0 Å². The number of amides is 2. The SMILES string of the molecule is CCCCN(CCCCN(C)C)C(=O)CN1C[C@H](C2=C/C=C(\C)OCC\C=C\2)C[C@@H]1CCN1CCCC1=O. The van der Waals surface area contributed by atoms with Gasteiger partial charge in [-0.1, -0.05) is 31.6 Å². The summed E-state index contributed by atoms with van der Waals surface area (Å²) in [6.45, 7) is 10.7. The van der Waals surface area contributed by atoms with Crippen molar-refractivity contribution in [3.8, 4) is 0 Å². The summed E-state index contributed by atoms with van der Waals surface area (Å²) in [7, 11) is 4.21. The molecule has 214 valence electrons. The minimum atomic E-state index is 0.259. The number of likely N-dealkylation sites (tertiary alicyclic amines) is 2. The molecule has 0 aromatic carbocycles. The van der Waals surface area contributed by atoms with Gasteiger partial charge in [0.25, 0.3) is 0 Å². The van der Waals surface area contributed by atoms with Crippen LogP contribution in [0.2, 0.25) is 0 Å². The van der Waals surface area contributed by atoms with Crippen molar-refractivity contribution in [3.05, 3.63) is 35.6 Å². The monoisotopic (exact) mass is 528 g/mol. The molecule has 7 nitrogen and oxygen atoms in total. The van der Waals surface area contributed by atoms with Gasteiger partial charge in [-0.05, 0) is 90.1 Å². The first kappa shape index (κ1) is 30.4. The van der Waals surface area contributed by atoms with Crippen molar-refractivity contribution in [1.29, 1.82) is 0 Å². The molecule has 0 aromatic rings. The van der Waals surface area contributed by atoms with Crippen molar-refractivity contribution in [2.75, 3.05) is 66.5 Å². The van der Waals surface area contributed by atoms with Crippen LogP contribution in [0.4, 0.5) is 0 Å². The van der Waals surface area contributed by atoms with E-state index in [0.29, 0.717) is 31.5 Å². The van der Waals surface area contributed by atoms with Gasteiger partial charge in [-0.2, -0.15) is 0 Å². The minimum Gasteiger partial charge on any atom is -0.498 e. The quantitative estimate of drug-likeness (QED) is 0.312. The Morgan fingerprint density at radius 3 is 2.66 bits per heavy atom. The molecule has 0 aliphatic carbocycles. The van der Waals surface area contributed by atoms with E-state index in [9.17, 15) is 9.59 Å². The van der Waals surface area contributed by atoms with Gasteiger partial charge in [0.05, 0.1) is 18.9 Å². The smallest absolute Gasteiger partial charge is 0.236 e. The van der Waals surface area contributed by atoms with Gasteiger partial charge in [0.2, 0.25) is 11.8 Å². The second-order valence-electron chi connectivity index (χ2n) is 11.5. The van der Waals surface area contributed by atoms with Gasteiger partial charge in [0.15, 0.2) is 0 Å². The molecule has 0 N–H and O–H groups in total. The molecule has 0 aromatic heterocycles. The van der Waals surface area contributed by atoms with Crippen LogP contribution in [0.25, 0.3) is 0 Å². The Hall–Kier alpha value is -2.12. The van der Waals surface area contributed by atoms with Crippen LogP contribution >= 0.6 is 0 Å². The van der Waals surface area contributed by atoms with Crippen LogP contribution in [0.3, 0.4) is 0 Å². The molecular formula is C31H52N4O3. The predicted octanol–water partition coefficient (Wildman–Crippen LogP) is 4.47. The van der Waals surface area contributed by atoms with Crippen molar-refractivity contribution in [2.45, 2.75) is 77.7 Å². The van der Waals surface area contributed by atoms with E-state index in [1.54, 1.807) is 0 Å². The van der Waals surface area contributed by atoms with Gasteiger partial charge < -0.3 is 19.4 Å². The molecule has 2 saturated heterocycles. The lowest BCUT2D eigenvalue weighted by molar-refractivity contribution is -0.133. The highest BCUT2D eigenvalue weighted by molar-refractivity contribution is 5.78. The van der Waals surface area contributed by atoms with E-state index in [4.69, 9.17) is 4.74 Å². The predicted molar refractivity (Wildman–Crippen MR) is 155 cm³/mol. The standard InChI is InChI=1S/C31H52N4O3/c1-5-6-18-33(19-9-8-17-32(3)4)31(37)25-35-24-28(27-12-7-10-22-38-26(2)14-15-27)23-29(35)16-21-34-20-11-13-30(34)36/h7,12,14-15,28-29H,5-6,8-11,13,16-25H2,1-4H3/b12-7+,26-14+,27-15+/t28-,29+/m1/s1. The normalized spacial score (nSPS) is 26.2. The Labute approximate surface area is 231 Å². The average molecular weight is 529 g/mol. The lowest BCUT2D eigenvalue weighted by Gasteiger charge is -2.29. The number of allylic oxidation sites excluding steroid dienone is 4. The highest BCUT2D eigenvalue weighted by Crippen LogP contribution is 2.32. The van der Waals surface area contributed by atoms with Crippen LogP contribution in [0.15, 0.2) is 35.6 Å². The molecule has 38 heavy (non-hydrogen) atoms. The van der Waals surface area contributed by atoms with Crippen molar-refractivity contribution >= 4 is 11.8 Å². The Morgan fingerprint density at radius 2 is 1.92 bits per heavy atom. The molecular weight excluding hydrogens is 476 g/mol. The van der Waals surface area contributed by atoms with Crippen LogP contribution in [0.5, 0.6) is 0 Å². The number of hydrogen-bond acceptors (Lipinski definition) is 5. The van der Waals surface area contributed by atoms with Gasteiger partial charge in [0.1, 0.15) is 0 Å². The highest BCUT2D eigenvalue weighted by Gasteiger charge is 2.35. The van der Waals surface area contributed by atoms with E-state index >= 15 is 0 Å². The largest absolute Gasteiger partial charge is 0.498 e. The van der Waals surface area contributed by atoms with E-state index in [2.05, 4.69) is 60.0 Å². The van der Waals surface area contributed by atoms with E-state index in [1.165, 1.54) is 5.57 Å². The second-order valence-corrected chi connectivity index (χ2v) is 11.5. The first-order valence-corrected chi connectivity index (χ1v) is 15.0. The molecule has 0 spiro atoms. The molecule has 3 aliphatic heterocycles. The maximum absolute atomic E-state index is 13.6. The molecule has 3 aliphatic rings. The number of carbonyl (C=O) groups excluding carboxylic acids is 2. The summed E-state index contributed by atoms with van der Waals surface area (Å²) >= 11 is 0. The van der Waals surface area contributed by atoms with E-state index in [1.807, 2.05) is 11.8 Å². The van der Waals surface area contributed by atoms with Crippen molar-refractivity contribution in [2.24, 2.45) is 5.92 Å². The van der Waals surface area contributed by atoms with Crippen LogP contribution in [0, 0.1) is 5.92 Å². The summed E-state index contributed by atoms with van der Waals surface area (Å²) in [5.41, 5.74) is 1.32. The molecule has 2 atom stereocenters. The van der Waals surface area contributed by atoms with Crippen LogP contribution in [-0.4, -0.2) is 104 Å². The summed E-state index contributed by atoms with van der Waals surface area (Å²) in [5.74, 6) is 1.87. The van der Waals surface area contributed by atoms with E-state index in [-0.39, 0.29) is 11.8 Å². The molecule has 3 heterocycles. The summed E-state index contributed by atoms with van der Waals surface area (Å²) in [6.07, 6.45) is 17.6. The zero-order valence-electron chi connectivity index (χ0n) is 24.5. The molecule has 2 amide bonds. The van der Waals surface area contributed by atoms with Crippen LogP contribution in [0.1, 0.15) is 71.6 Å². The number of nitrogens with zero attached hydrogens (tertiary/aromatic N) is 4. The Balaban J connectivity index is 1.69. The minimum absolute atomic E-state index is 0.259. The molecule has 0 bridgehead atoms. The summed E-state index contributed by atoms with van der Waals surface area (Å²) in [4.78, 5) is 34.6. The molecule has 0 unspecified atom stereocenters. The fourth-order valence-corrected chi connectivity index (χ4v) is 5.78. The molecule has 3 rings (SSSR count). The van der Waals surface area contributed by atoms with Gasteiger partial charge in [-0.3, -0.25) is 14.5 Å². The third-order valence-electron chi connectivity index (χ3n) is 8.09. The molecule has 2 fully saturated rings. The van der Waals surface area contributed by atoms with Crippen LogP contribution in [-0.2, 0) is 14.3 Å². The van der Waals surface area contributed by atoms with Crippen molar-refractivity contribution in [1.82, 2.24) is 19.6 Å². The lowest BCUT2D eigenvalue weighted by atomic mass is 9.94. The molecule has 7 heteroatoms. The summed E-state index contributed by atoms with van der Waals surface area (Å²) in [6, 6.07) is 0.308. The summed E-state index contributed by atoms with van der Waals surface area (Å²) in [5, 5.41) is 0. The lowest BCUT2D eigenvalue weighted by Crippen LogP contribution is -2.44. The topological polar surface area (TPSA) is 56.3 Å². The van der Waals surface area contributed by atoms with Gasteiger partial charge in [-0.25, -0.2) is 0 Å². The number of hydrogen-bond donors (Lipinski definition) is 0. The third-order valence-corrected chi connectivity index (χ3v) is 8.09. The van der Waals surface area contributed by atoms with E-state index in [0.717, 1.165) is 96.4 Å². The molecule has 0 radical (unpaired) electrons. The zero-order valence-corrected chi connectivity index (χ0v) is 24.5. The number of unbranched alkanes of at least 4 members (excludes halogenated alkanes) is 2. The Kier molecular flexibility index (Phi) is 12.9. The molecule has 0 saturated carbocycles. The maximum Gasteiger partial charge on any atom is 0.236 e. The first-order valence-electron chi connectivity index (χ1n) is 15.0. The number of carbonyl (C=O) groups is 2. The average Bonchev–Trinajstić information content (AvgIpc) is 3.50. The van der Waals surface area contributed by atoms with Gasteiger partial charge >= 0.3 is 0 Å². The highest BCUT2D eigenvalue weighted by atomic mass is 16.5. The Bertz CT molecular complexity index is 850. The van der Waals surface area contributed by atoms with E-state index < -0.39 is 0 Å². The zero-order chi connectivity index (χ0) is 27.3. The first-order chi connectivity index (χ1) is 18.4. The third kappa shape index (κ3) is 9.88. The maximum atomic E-state index is 13.6. The van der Waals surface area contributed by atoms with Gasteiger partial charge in [-0.15, -0.1) is 0 Å². The second kappa shape index (κ2) is 16.1. The van der Waals surface area contributed by atoms with Gasteiger partial charge in [0, 0.05) is 45.2 Å². The number of ether oxygens (including phenoxy) is 1. The fraction of sp³-hybridized carbons (Fsp3) is 0.742. The van der Waals surface area contributed by atoms with Crippen molar-refractivity contribution < 1.29 is 14.3 Å².